The molecule has 0 saturated carbocycles. The Labute approximate surface area is 80.7 Å². The molecule has 1 unspecified atom stereocenters. The van der Waals surface area contributed by atoms with Gasteiger partial charge in [-0.15, -0.1) is 0 Å². The molecule has 2 nitrogen and oxygen atoms in total. The van der Waals surface area contributed by atoms with Crippen LogP contribution in [0.15, 0.2) is 0 Å². The smallest absolute Gasteiger partial charge is 0.309 e. The van der Waals surface area contributed by atoms with Gasteiger partial charge < -0.3 is 4.74 Å². The average Bonchev–Trinajstić information content (AvgIpc) is 2.29. The maximum Gasteiger partial charge on any atom is 0.309 e. The molecule has 0 bridgehead atoms. The zero-order chi connectivity index (χ0) is 10.2. The molecule has 13 heavy (non-hydrogen) atoms. The molecule has 1 saturated heterocycles. The molecular formula is C11H20O2. The van der Waals surface area contributed by atoms with Crippen molar-refractivity contribution in [2.75, 3.05) is 0 Å². The molecule has 1 aliphatic rings. The van der Waals surface area contributed by atoms with Gasteiger partial charge in [0.25, 0.3) is 0 Å². The Balaban J connectivity index is 2.89. The molecule has 1 aliphatic heterocycles. The molecule has 0 amide bonds. The van der Waals surface area contributed by atoms with Crippen molar-refractivity contribution in [2.24, 2.45) is 17.8 Å². The highest BCUT2D eigenvalue weighted by Crippen LogP contribution is 2.42. The zero-order valence-corrected chi connectivity index (χ0v) is 9.26. The zero-order valence-electron chi connectivity index (χ0n) is 9.26. The van der Waals surface area contributed by atoms with E-state index in [0.29, 0.717) is 11.8 Å². The third-order valence-electron chi connectivity index (χ3n) is 3.27. The molecule has 1 fully saturated rings. The molecule has 2 heteroatoms. The Bertz CT molecular complexity index is 198. The Hall–Kier alpha value is -0.530. The molecule has 0 aliphatic carbocycles. The Morgan fingerprint density at radius 2 is 1.77 bits per heavy atom. The van der Waals surface area contributed by atoms with Crippen molar-refractivity contribution < 1.29 is 9.53 Å². The second-order valence-electron chi connectivity index (χ2n) is 4.79. The van der Waals surface area contributed by atoms with Crippen molar-refractivity contribution in [3.05, 3.63) is 0 Å². The fourth-order valence-electron chi connectivity index (χ4n) is 2.27. The second kappa shape index (κ2) is 3.32. The van der Waals surface area contributed by atoms with Gasteiger partial charge in [-0.1, -0.05) is 34.6 Å². The maximum absolute atomic E-state index is 11.4. The molecule has 0 aromatic carbocycles. The quantitative estimate of drug-likeness (QED) is 0.617. The summed E-state index contributed by atoms with van der Waals surface area (Å²) >= 11 is 0. The number of carbonyl (C=O) groups excluding carboxylic acids is 1. The normalized spacial score (nSPS) is 27.0. The van der Waals surface area contributed by atoms with Gasteiger partial charge in [-0.3, -0.25) is 4.79 Å². The van der Waals surface area contributed by atoms with E-state index < -0.39 is 0 Å². The van der Waals surface area contributed by atoms with Gasteiger partial charge in [0.2, 0.25) is 0 Å². The number of hydrogen-bond acceptors (Lipinski definition) is 2. The minimum atomic E-state index is -0.212. The van der Waals surface area contributed by atoms with E-state index in [-0.39, 0.29) is 17.5 Å². The van der Waals surface area contributed by atoms with Crippen LogP contribution in [0.2, 0.25) is 0 Å². The van der Waals surface area contributed by atoms with Crippen LogP contribution in [-0.4, -0.2) is 11.6 Å². The first kappa shape index (κ1) is 10.6. The van der Waals surface area contributed by atoms with Gasteiger partial charge >= 0.3 is 5.97 Å². The molecule has 1 rings (SSSR count). The molecule has 0 aromatic rings. The predicted octanol–water partition coefficient (Wildman–Crippen LogP) is 2.62. The van der Waals surface area contributed by atoms with Gasteiger partial charge in [0, 0.05) is 6.42 Å². The molecular weight excluding hydrogens is 164 g/mol. The Morgan fingerprint density at radius 1 is 1.31 bits per heavy atom. The third kappa shape index (κ3) is 1.59. The van der Waals surface area contributed by atoms with Gasteiger partial charge in [-0.05, 0) is 11.8 Å². The first-order valence-corrected chi connectivity index (χ1v) is 5.13. The van der Waals surface area contributed by atoms with Gasteiger partial charge in [0.05, 0.1) is 5.92 Å². The van der Waals surface area contributed by atoms with Crippen molar-refractivity contribution in [1.82, 2.24) is 0 Å². The summed E-state index contributed by atoms with van der Waals surface area (Å²) in [5.41, 5.74) is -0.212. The van der Waals surface area contributed by atoms with Crippen molar-refractivity contribution in [2.45, 2.75) is 46.6 Å². The van der Waals surface area contributed by atoms with Crippen LogP contribution >= 0.6 is 0 Å². The van der Waals surface area contributed by atoms with E-state index in [1.165, 1.54) is 0 Å². The van der Waals surface area contributed by atoms with Crippen LogP contribution in [0.1, 0.15) is 41.0 Å². The lowest BCUT2D eigenvalue weighted by molar-refractivity contribution is -0.158. The topological polar surface area (TPSA) is 26.3 Å². The summed E-state index contributed by atoms with van der Waals surface area (Å²) in [6.07, 6.45) is 0.876. The average molecular weight is 184 g/mol. The summed E-state index contributed by atoms with van der Waals surface area (Å²) in [5, 5.41) is 0. The molecule has 76 valence electrons. The van der Waals surface area contributed by atoms with E-state index in [9.17, 15) is 4.79 Å². The summed E-state index contributed by atoms with van der Waals surface area (Å²) in [7, 11) is 0. The van der Waals surface area contributed by atoms with Gasteiger partial charge in [0.1, 0.15) is 5.60 Å². The van der Waals surface area contributed by atoms with Crippen LogP contribution in [0, 0.1) is 17.8 Å². The fourth-order valence-corrected chi connectivity index (χ4v) is 2.27. The van der Waals surface area contributed by atoms with Gasteiger partial charge in [-0.25, -0.2) is 0 Å². The van der Waals surface area contributed by atoms with Crippen molar-refractivity contribution in [3.8, 4) is 0 Å². The largest absolute Gasteiger partial charge is 0.458 e. The van der Waals surface area contributed by atoms with Crippen molar-refractivity contribution >= 4 is 5.97 Å². The highest BCUT2D eigenvalue weighted by molar-refractivity contribution is 5.75. The summed E-state index contributed by atoms with van der Waals surface area (Å²) in [4.78, 5) is 11.4. The minimum absolute atomic E-state index is 0.0256. The van der Waals surface area contributed by atoms with E-state index in [1.807, 2.05) is 6.92 Å². The number of carbonyl (C=O) groups is 1. The lowest BCUT2D eigenvalue weighted by Gasteiger charge is -2.35. The van der Waals surface area contributed by atoms with Crippen LogP contribution in [0.3, 0.4) is 0 Å². The van der Waals surface area contributed by atoms with E-state index in [0.717, 1.165) is 6.42 Å². The number of ether oxygens (including phenoxy) is 1. The number of cyclic esters (lactones) is 1. The maximum atomic E-state index is 11.4. The highest BCUT2D eigenvalue weighted by Gasteiger charge is 2.49. The summed E-state index contributed by atoms with van der Waals surface area (Å²) in [5.74, 6) is 0.856. The summed E-state index contributed by atoms with van der Waals surface area (Å²) in [6, 6.07) is 0. The highest BCUT2D eigenvalue weighted by atomic mass is 16.6. The predicted molar refractivity (Wildman–Crippen MR) is 52.3 cm³/mol. The molecule has 0 spiro atoms. The molecule has 0 radical (unpaired) electrons. The van der Waals surface area contributed by atoms with Crippen LogP contribution < -0.4 is 0 Å². The van der Waals surface area contributed by atoms with Crippen LogP contribution in [0.5, 0.6) is 0 Å². The first-order chi connectivity index (χ1) is 5.90. The van der Waals surface area contributed by atoms with Crippen molar-refractivity contribution in [3.63, 3.8) is 0 Å². The summed E-state index contributed by atoms with van der Waals surface area (Å²) < 4.78 is 5.55. The number of rotatable bonds is 2. The number of esters is 1. The fraction of sp³-hybridized carbons (Fsp3) is 0.909. The van der Waals surface area contributed by atoms with Gasteiger partial charge in [-0.2, -0.15) is 0 Å². The summed E-state index contributed by atoms with van der Waals surface area (Å²) in [6.45, 7) is 10.5. The lowest BCUT2D eigenvalue weighted by Crippen LogP contribution is -2.40. The van der Waals surface area contributed by atoms with Gasteiger partial charge in [0.15, 0.2) is 0 Å². The molecule has 1 heterocycles. The minimum Gasteiger partial charge on any atom is -0.458 e. The molecule has 0 aromatic heterocycles. The van der Waals surface area contributed by atoms with E-state index in [2.05, 4.69) is 27.7 Å². The van der Waals surface area contributed by atoms with Crippen LogP contribution in [0.25, 0.3) is 0 Å². The molecule has 1 atom stereocenters. The third-order valence-corrected chi connectivity index (χ3v) is 3.27. The standard InChI is InChI=1S/C11H20O2/c1-7(2)11(8(3)4)6-9(5)10(12)13-11/h7-9H,6H2,1-5H3. The lowest BCUT2D eigenvalue weighted by atomic mass is 9.77. The first-order valence-electron chi connectivity index (χ1n) is 5.13. The van der Waals surface area contributed by atoms with E-state index >= 15 is 0 Å². The Kier molecular flexibility index (Phi) is 2.69. The van der Waals surface area contributed by atoms with Crippen molar-refractivity contribution in [1.29, 1.82) is 0 Å². The monoisotopic (exact) mass is 184 g/mol. The van der Waals surface area contributed by atoms with E-state index in [4.69, 9.17) is 4.74 Å². The van der Waals surface area contributed by atoms with Crippen LogP contribution in [-0.2, 0) is 9.53 Å². The van der Waals surface area contributed by atoms with Crippen LogP contribution in [0.4, 0.5) is 0 Å². The second-order valence-corrected chi connectivity index (χ2v) is 4.79. The van der Waals surface area contributed by atoms with E-state index in [1.54, 1.807) is 0 Å². The molecule has 0 N–H and O–H groups in total. The number of hydrogen-bond donors (Lipinski definition) is 0. The Morgan fingerprint density at radius 3 is 1.92 bits per heavy atom. The SMILES string of the molecule is CC1CC(C(C)C)(C(C)C)OC1=O.